The summed E-state index contributed by atoms with van der Waals surface area (Å²) in [6.07, 6.45) is -5.33. The minimum absolute atomic E-state index is 0.376. The predicted molar refractivity (Wildman–Crippen MR) is 65.1 cm³/mol. The molecule has 1 N–H and O–H groups in total. The van der Waals surface area contributed by atoms with Crippen molar-refractivity contribution in [3.63, 3.8) is 0 Å². The molecule has 0 radical (unpaired) electrons. The van der Waals surface area contributed by atoms with Crippen molar-refractivity contribution in [2.24, 2.45) is 0 Å². The van der Waals surface area contributed by atoms with Crippen LogP contribution in [0, 0.1) is 5.82 Å². The number of alkyl halides is 4. The Morgan fingerprint density at radius 1 is 1.29 bits per heavy atom. The van der Waals surface area contributed by atoms with Gasteiger partial charge in [-0.1, -0.05) is 23.7 Å². The number of hydrogen-bond acceptors (Lipinski definition) is 3. The van der Waals surface area contributed by atoms with Gasteiger partial charge in [0.1, 0.15) is 5.82 Å². The average Bonchev–Trinajstić information content (AvgIpc) is 2.37. The first-order valence-corrected chi connectivity index (χ1v) is 6.01. The molecule has 1 amide bonds. The van der Waals surface area contributed by atoms with E-state index in [1.165, 1.54) is 24.4 Å². The van der Waals surface area contributed by atoms with Gasteiger partial charge < -0.3 is 10.1 Å². The fraction of sp³-hybridized carbons (Fsp3) is 0.333. The molecule has 1 aromatic carbocycles. The quantitative estimate of drug-likeness (QED) is 0.400. The summed E-state index contributed by atoms with van der Waals surface area (Å²) in [4.78, 5) is 19.3. The summed E-state index contributed by atoms with van der Waals surface area (Å²) < 4.78 is 56.3. The van der Waals surface area contributed by atoms with Crippen molar-refractivity contribution in [1.29, 1.82) is 0 Å². The van der Waals surface area contributed by atoms with E-state index < -0.39 is 34.4 Å². The summed E-state index contributed by atoms with van der Waals surface area (Å²) >= 11 is 5.19. The van der Waals surface area contributed by atoms with Crippen molar-refractivity contribution in [2.75, 3.05) is 6.61 Å². The van der Waals surface area contributed by atoms with E-state index >= 15 is 0 Å². The fourth-order valence-electron chi connectivity index (χ4n) is 1.34. The second-order valence-corrected chi connectivity index (χ2v) is 4.38. The Bertz CT molecular complexity index is 550. The van der Waals surface area contributed by atoms with E-state index in [4.69, 9.17) is 11.6 Å². The van der Waals surface area contributed by atoms with Crippen LogP contribution in [0.25, 0.3) is 0 Å². The van der Waals surface area contributed by atoms with E-state index in [1.54, 1.807) is 0 Å². The standard InChI is InChI=1S/C12H10ClF4NO3/c1-2-21-10(20)11(13,12(15,16)17)18-9(19)7-5-3-4-6-8(7)14/h3-6H,2H2,1H3,(H,18,19)/t11-/m1/s1. The van der Waals surface area contributed by atoms with Crippen LogP contribution in [-0.2, 0) is 9.53 Å². The molecule has 4 nitrogen and oxygen atoms in total. The number of ether oxygens (including phenoxy) is 1. The van der Waals surface area contributed by atoms with Crippen LogP contribution in [0.1, 0.15) is 17.3 Å². The maximum atomic E-state index is 13.4. The van der Waals surface area contributed by atoms with Crippen molar-refractivity contribution in [2.45, 2.75) is 18.1 Å². The SMILES string of the molecule is CCOC(=O)[C@@](Cl)(NC(=O)c1ccccc1F)C(F)(F)F. The molecule has 0 aliphatic carbocycles. The van der Waals surface area contributed by atoms with Crippen molar-refractivity contribution < 1.29 is 31.9 Å². The third-order valence-corrected chi connectivity index (χ3v) is 2.81. The third-order valence-electron chi connectivity index (χ3n) is 2.35. The van der Waals surface area contributed by atoms with Gasteiger partial charge in [-0.2, -0.15) is 13.2 Å². The molecule has 0 aliphatic heterocycles. The van der Waals surface area contributed by atoms with Gasteiger partial charge >= 0.3 is 17.1 Å². The average molecular weight is 328 g/mol. The second-order valence-electron chi connectivity index (χ2n) is 3.81. The summed E-state index contributed by atoms with van der Waals surface area (Å²) in [6.45, 7) is 0.892. The van der Waals surface area contributed by atoms with E-state index in [9.17, 15) is 27.2 Å². The highest BCUT2D eigenvalue weighted by molar-refractivity contribution is 6.35. The molecule has 1 aromatic rings. The molecule has 116 valence electrons. The summed E-state index contributed by atoms with van der Waals surface area (Å²) in [6, 6.07) is 4.31. The molecule has 9 heteroatoms. The molecule has 0 spiro atoms. The van der Waals surface area contributed by atoms with Crippen LogP contribution in [0.5, 0.6) is 0 Å². The van der Waals surface area contributed by atoms with Gasteiger partial charge in [-0.25, -0.2) is 9.18 Å². The van der Waals surface area contributed by atoms with Gasteiger partial charge in [-0.05, 0) is 19.1 Å². The lowest BCUT2D eigenvalue weighted by atomic mass is 10.1. The molecule has 0 fully saturated rings. The van der Waals surface area contributed by atoms with Crippen LogP contribution in [0.4, 0.5) is 17.6 Å². The number of carbonyl (C=O) groups excluding carboxylic acids is 2. The number of halogens is 5. The van der Waals surface area contributed by atoms with Crippen LogP contribution in [-0.4, -0.2) is 29.7 Å². The van der Waals surface area contributed by atoms with Gasteiger partial charge in [0.25, 0.3) is 5.91 Å². The highest BCUT2D eigenvalue weighted by Crippen LogP contribution is 2.35. The van der Waals surface area contributed by atoms with Gasteiger partial charge in [-0.15, -0.1) is 0 Å². The van der Waals surface area contributed by atoms with E-state index in [-0.39, 0.29) is 6.61 Å². The fourth-order valence-corrected chi connectivity index (χ4v) is 1.48. The van der Waals surface area contributed by atoms with Gasteiger partial charge in [-0.3, -0.25) is 4.79 Å². The molecule has 0 unspecified atom stereocenters. The smallest absolute Gasteiger partial charge is 0.437 e. The Kier molecular flexibility index (Phi) is 5.16. The molecule has 0 bridgehead atoms. The Balaban J connectivity index is 3.11. The number of esters is 1. The summed E-state index contributed by atoms with van der Waals surface area (Å²) in [5.74, 6) is -4.45. The van der Waals surface area contributed by atoms with E-state index in [0.29, 0.717) is 0 Å². The predicted octanol–water partition coefficient (Wildman–Crippen LogP) is 2.62. The lowest BCUT2D eigenvalue weighted by Gasteiger charge is -2.28. The third kappa shape index (κ3) is 3.63. The number of rotatable bonds is 4. The second kappa shape index (κ2) is 6.30. The molecule has 0 saturated heterocycles. The number of hydrogen-bond donors (Lipinski definition) is 1. The molecule has 0 aromatic heterocycles. The zero-order valence-electron chi connectivity index (χ0n) is 10.6. The number of nitrogens with one attached hydrogen (secondary N) is 1. The van der Waals surface area contributed by atoms with E-state index in [0.717, 1.165) is 12.1 Å². The number of benzene rings is 1. The van der Waals surface area contributed by atoms with Gasteiger partial charge in [0.15, 0.2) is 0 Å². The first kappa shape index (κ1) is 17.2. The van der Waals surface area contributed by atoms with Crippen molar-refractivity contribution in [3.8, 4) is 0 Å². The normalized spacial score (nSPS) is 14.2. The van der Waals surface area contributed by atoms with Gasteiger partial charge in [0.2, 0.25) is 0 Å². The van der Waals surface area contributed by atoms with Crippen molar-refractivity contribution >= 4 is 23.5 Å². The molecule has 0 heterocycles. The largest absolute Gasteiger partial charge is 0.463 e. The van der Waals surface area contributed by atoms with E-state index in [1.807, 2.05) is 0 Å². The highest BCUT2D eigenvalue weighted by atomic mass is 35.5. The van der Waals surface area contributed by atoms with Crippen LogP contribution in [0.15, 0.2) is 24.3 Å². The van der Waals surface area contributed by atoms with Crippen LogP contribution < -0.4 is 5.32 Å². The Labute approximate surface area is 122 Å². The van der Waals surface area contributed by atoms with E-state index in [2.05, 4.69) is 4.74 Å². The maximum Gasteiger partial charge on any atom is 0.437 e. The number of carbonyl (C=O) groups is 2. The minimum atomic E-state index is -5.33. The highest BCUT2D eigenvalue weighted by Gasteiger charge is 2.62. The summed E-state index contributed by atoms with van der Waals surface area (Å²) in [7, 11) is 0. The Morgan fingerprint density at radius 3 is 2.33 bits per heavy atom. The molecule has 0 aliphatic rings. The van der Waals surface area contributed by atoms with Gasteiger partial charge in [0, 0.05) is 0 Å². The van der Waals surface area contributed by atoms with Crippen LogP contribution in [0.3, 0.4) is 0 Å². The molecule has 0 saturated carbocycles. The Morgan fingerprint density at radius 2 is 1.86 bits per heavy atom. The Hall–Kier alpha value is -1.83. The van der Waals surface area contributed by atoms with Gasteiger partial charge in [0.05, 0.1) is 12.2 Å². The van der Waals surface area contributed by atoms with Crippen LogP contribution in [0.2, 0.25) is 0 Å². The lowest BCUT2D eigenvalue weighted by Crippen LogP contribution is -2.60. The zero-order valence-corrected chi connectivity index (χ0v) is 11.4. The summed E-state index contributed by atoms with van der Waals surface area (Å²) in [5.41, 5.74) is -0.684. The molecule has 1 rings (SSSR count). The monoisotopic (exact) mass is 327 g/mol. The molecular weight excluding hydrogens is 318 g/mol. The zero-order chi connectivity index (χ0) is 16.3. The van der Waals surface area contributed by atoms with Crippen molar-refractivity contribution in [3.05, 3.63) is 35.6 Å². The lowest BCUT2D eigenvalue weighted by molar-refractivity contribution is -0.192. The molecule has 1 atom stereocenters. The molecular formula is C12H10ClF4NO3. The topological polar surface area (TPSA) is 55.4 Å². The number of amides is 1. The molecule has 21 heavy (non-hydrogen) atoms. The summed E-state index contributed by atoms with van der Waals surface area (Å²) in [5, 5.41) is 1.26. The minimum Gasteiger partial charge on any atom is -0.463 e. The maximum absolute atomic E-state index is 13.4. The first-order valence-electron chi connectivity index (χ1n) is 5.63. The first-order chi connectivity index (χ1) is 9.63. The van der Waals surface area contributed by atoms with Crippen LogP contribution >= 0.6 is 11.6 Å². The van der Waals surface area contributed by atoms with Crippen molar-refractivity contribution in [1.82, 2.24) is 5.32 Å².